The Bertz CT molecular complexity index is 7330. The van der Waals surface area contributed by atoms with Crippen LogP contribution in [0.15, 0.2) is 352 Å². The van der Waals surface area contributed by atoms with E-state index in [4.69, 9.17) is 0 Å². The van der Waals surface area contributed by atoms with Crippen LogP contribution in [-0.2, 0) is 42.3 Å². The molecule has 514 valence electrons. The van der Waals surface area contributed by atoms with Gasteiger partial charge in [-0.2, -0.15) is 0 Å². The molecule has 0 saturated heterocycles. The molecule has 0 aliphatic heterocycles. The second kappa shape index (κ2) is 25.6. The average molecular weight is 1390 g/mol. The van der Waals surface area contributed by atoms with Gasteiger partial charge in [0.25, 0.3) is 0 Å². The standard InChI is InChI=1S/C38H28N2.2C32H24N2/c1-39-35-11-7-6-10-31(35)32-23-29(17-20-36(32)39)30-18-21-38-34(24-30)33-22-28(16-19-37(33)40(38)2)27-14-12-26(13-15-27)25-8-4-3-5-9-25;1-33-30-16-13-22(21-8-4-3-5-9-21)18-27(30)28-19-23(14-17-31(28)33)24-12-15-26-25-10-6-7-11-29(25)34(2)32(26)20-24;1-33-29-11-7-6-10-25(29)26-19-23(13-16-30(26)33)24-14-17-32-28(20-24)27-18-22(12-15-31(27)34(32)2)21-8-4-3-5-9-21/h3-24H,1-2H3;2*3-20H,1-2H3. The Balaban J connectivity index is 0.000000107. The first-order valence-corrected chi connectivity index (χ1v) is 37.3. The van der Waals surface area contributed by atoms with Gasteiger partial charge < -0.3 is 27.4 Å². The highest BCUT2D eigenvalue weighted by Crippen LogP contribution is 2.42. The van der Waals surface area contributed by atoms with Crippen molar-refractivity contribution in [3.63, 3.8) is 0 Å². The molecule has 6 heterocycles. The minimum Gasteiger partial charge on any atom is -0.344 e. The molecule has 0 spiro atoms. The van der Waals surface area contributed by atoms with Gasteiger partial charge >= 0.3 is 0 Å². The van der Waals surface area contributed by atoms with Crippen molar-refractivity contribution >= 4 is 131 Å². The molecule has 22 rings (SSSR count). The van der Waals surface area contributed by atoms with Crippen molar-refractivity contribution in [1.82, 2.24) is 27.4 Å². The second-order valence-electron chi connectivity index (χ2n) is 29.2. The Kier molecular flexibility index (Phi) is 15.2. The number of aromatic nitrogens is 6. The highest BCUT2D eigenvalue weighted by atomic mass is 15.0. The summed E-state index contributed by atoms with van der Waals surface area (Å²) in [6.45, 7) is 0. The van der Waals surface area contributed by atoms with E-state index in [2.05, 4.69) is 422 Å². The maximum atomic E-state index is 2.37. The van der Waals surface area contributed by atoms with Crippen LogP contribution in [0.3, 0.4) is 0 Å². The van der Waals surface area contributed by atoms with Crippen molar-refractivity contribution < 1.29 is 0 Å². The maximum Gasteiger partial charge on any atom is 0.0494 e. The number of para-hydroxylation sites is 3. The lowest BCUT2D eigenvalue weighted by atomic mass is 9.98. The molecule has 0 unspecified atom stereocenters. The summed E-state index contributed by atoms with van der Waals surface area (Å²) < 4.78 is 13.8. The summed E-state index contributed by atoms with van der Waals surface area (Å²) in [5, 5.41) is 15.6. The van der Waals surface area contributed by atoms with Gasteiger partial charge in [-0.05, 0) is 199 Å². The van der Waals surface area contributed by atoms with E-state index in [9.17, 15) is 0 Å². The van der Waals surface area contributed by atoms with Crippen LogP contribution in [0.1, 0.15) is 0 Å². The molecule has 108 heavy (non-hydrogen) atoms. The van der Waals surface area contributed by atoms with Crippen LogP contribution in [0.5, 0.6) is 0 Å². The Labute approximate surface area is 626 Å². The molecule has 0 bridgehead atoms. The van der Waals surface area contributed by atoms with Crippen LogP contribution in [0, 0.1) is 0 Å². The number of hydrogen-bond acceptors (Lipinski definition) is 0. The summed E-state index contributed by atoms with van der Waals surface area (Å²) in [6, 6.07) is 128. The number of aryl methyl sites for hydroxylation is 6. The van der Waals surface area contributed by atoms with Gasteiger partial charge in [0.1, 0.15) is 0 Å². The van der Waals surface area contributed by atoms with Gasteiger partial charge in [-0.15, -0.1) is 0 Å². The predicted octanol–water partition coefficient (Wildman–Crippen LogP) is 26.6. The van der Waals surface area contributed by atoms with Crippen LogP contribution in [-0.4, -0.2) is 27.4 Å². The monoisotopic (exact) mass is 1380 g/mol. The van der Waals surface area contributed by atoms with Gasteiger partial charge in [-0.3, -0.25) is 0 Å². The van der Waals surface area contributed by atoms with E-state index in [1.807, 2.05) is 0 Å². The Morgan fingerprint density at radius 1 is 0.111 bits per heavy atom. The van der Waals surface area contributed by atoms with Gasteiger partial charge in [0.05, 0.1) is 0 Å². The van der Waals surface area contributed by atoms with Gasteiger partial charge in [0.2, 0.25) is 0 Å². The summed E-state index contributed by atoms with van der Waals surface area (Å²) in [5.74, 6) is 0. The minimum absolute atomic E-state index is 1.23. The Hall–Kier alpha value is -13.7. The maximum absolute atomic E-state index is 2.37. The van der Waals surface area contributed by atoms with Crippen LogP contribution in [0.2, 0.25) is 0 Å². The van der Waals surface area contributed by atoms with Gasteiger partial charge in [-0.25, -0.2) is 0 Å². The van der Waals surface area contributed by atoms with Gasteiger partial charge in [0.15, 0.2) is 0 Å². The Morgan fingerprint density at radius 3 is 0.556 bits per heavy atom. The molecule has 6 nitrogen and oxygen atoms in total. The van der Waals surface area contributed by atoms with E-state index in [1.54, 1.807) is 0 Å². The molecular weight excluding hydrogens is 1310 g/mol. The average Bonchev–Trinajstić information content (AvgIpc) is 1.60. The smallest absolute Gasteiger partial charge is 0.0494 e. The van der Waals surface area contributed by atoms with Crippen LogP contribution in [0.25, 0.3) is 209 Å². The molecule has 0 saturated carbocycles. The fourth-order valence-corrected chi connectivity index (χ4v) is 17.5. The topological polar surface area (TPSA) is 29.6 Å². The molecule has 6 heteroatoms. The predicted molar refractivity (Wildman–Crippen MR) is 461 cm³/mol. The summed E-state index contributed by atoms with van der Waals surface area (Å²) in [7, 11) is 13.0. The zero-order chi connectivity index (χ0) is 72.4. The lowest BCUT2D eigenvalue weighted by Crippen LogP contribution is -1.88. The van der Waals surface area contributed by atoms with Crippen molar-refractivity contribution in [3.8, 4) is 77.9 Å². The van der Waals surface area contributed by atoms with E-state index < -0.39 is 0 Å². The molecule has 0 fully saturated rings. The highest BCUT2D eigenvalue weighted by Gasteiger charge is 2.19. The lowest BCUT2D eigenvalue weighted by Gasteiger charge is -2.06. The van der Waals surface area contributed by atoms with E-state index >= 15 is 0 Å². The molecule has 0 atom stereocenters. The van der Waals surface area contributed by atoms with Crippen LogP contribution < -0.4 is 0 Å². The molecule has 0 radical (unpaired) electrons. The van der Waals surface area contributed by atoms with Gasteiger partial charge in [-0.1, -0.05) is 231 Å². The molecular formula is C102H76N6. The third-order valence-electron chi connectivity index (χ3n) is 23.3. The van der Waals surface area contributed by atoms with Crippen molar-refractivity contribution in [2.75, 3.05) is 0 Å². The molecule has 0 N–H and O–H groups in total. The number of fused-ring (bicyclic) bond motifs is 18. The largest absolute Gasteiger partial charge is 0.344 e. The quantitative estimate of drug-likeness (QED) is 0.152. The third-order valence-corrected chi connectivity index (χ3v) is 23.3. The lowest BCUT2D eigenvalue weighted by molar-refractivity contribution is 1.01. The summed E-state index contributed by atoms with van der Waals surface area (Å²) in [6.07, 6.45) is 0. The van der Waals surface area contributed by atoms with Gasteiger partial charge in [0, 0.05) is 173 Å². The first kappa shape index (κ1) is 64.0. The van der Waals surface area contributed by atoms with Crippen molar-refractivity contribution in [2.45, 2.75) is 0 Å². The zero-order valence-corrected chi connectivity index (χ0v) is 61.2. The van der Waals surface area contributed by atoms with Crippen LogP contribution >= 0.6 is 0 Å². The first-order valence-electron chi connectivity index (χ1n) is 37.3. The zero-order valence-electron chi connectivity index (χ0n) is 61.2. The van der Waals surface area contributed by atoms with E-state index in [0.717, 1.165) is 0 Å². The minimum atomic E-state index is 1.23. The highest BCUT2D eigenvalue weighted by molar-refractivity contribution is 6.16. The van der Waals surface area contributed by atoms with Crippen LogP contribution in [0.4, 0.5) is 0 Å². The normalized spacial score (nSPS) is 11.8. The SMILES string of the molecule is Cn1c2ccc(-c3ccccc3)cc2c2cc(-c3ccc4c5ccccc5n(C)c4c3)ccc21.Cn1c2ccccc2c2cc(-c3ccc4c(c3)c3cc(-c5ccc(-c6ccccc6)cc5)ccc3n4C)ccc21.Cn1c2ccccc2c2cc(-c3ccc4c(c3)c3cc(-c5ccccc5)ccc3n4C)ccc21. The molecule has 6 aromatic heterocycles. The van der Waals surface area contributed by atoms with Crippen molar-refractivity contribution in [3.05, 3.63) is 352 Å². The van der Waals surface area contributed by atoms with E-state index in [-0.39, 0.29) is 0 Å². The number of hydrogen-bond donors (Lipinski definition) is 0. The molecule has 0 aliphatic carbocycles. The molecule has 0 aliphatic rings. The third kappa shape index (κ3) is 10.5. The fourth-order valence-electron chi connectivity index (χ4n) is 17.5. The fraction of sp³-hybridized carbons (Fsp3) is 0.0588. The van der Waals surface area contributed by atoms with Crippen molar-refractivity contribution in [1.29, 1.82) is 0 Å². The number of nitrogens with zero attached hydrogens (tertiary/aromatic N) is 6. The van der Waals surface area contributed by atoms with E-state index in [0.29, 0.717) is 0 Å². The number of benzene rings is 16. The molecule has 16 aromatic carbocycles. The Morgan fingerprint density at radius 2 is 0.269 bits per heavy atom. The molecule has 22 aromatic rings. The molecule has 0 amide bonds. The second-order valence-corrected chi connectivity index (χ2v) is 29.2. The summed E-state index contributed by atoms with van der Waals surface area (Å²) in [4.78, 5) is 0. The number of rotatable bonds is 7. The summed E-state index contributed by atoms with van der Waals surface area (Å²) in [5.41, 5.74) is 32.6. The van der Waals surface area contributed by atoms with E-state index in [1.165, 1.54) is 209 Å². The first-order chi connectivity index (χ1) is 53.0. The van der Waals surface area contributed by atoms with Crippen molar-refractivity contribution in [2.24, 2.45) is 42.3 Å². The summed E-state index contributed by atoms with van der Waals surface area (Å²) >= 11 is 0.